The summed E-state index contributed by atoms with van der Waals surface area (Å²) in [5, 5.41) is 11.8. The molecule has 1 N–H and O–H groups in total. The molecule has 0 saturated heterocycles. The molecule has 0 fully saturated rings. The lowest BCUT2D eigenvalue weighted by Crippen LogP contribution is -2.23. The number of hydrogen-bond donors (Lipinski definition) is 1. The lowest BCUT2D eigenvalue weighted by molar-refractivity contribution is 0.229. The summed E-state index contributed by atoms with van der Waals surface area (Å²) in [6, 6.07) is 20.2. The summed E-state index contributed by atoms with van der Waals surface area (Å²) < 4.78 is 0. The van der Waals surface area contributed by atoms with Crippen LogP contribution in [0.5, 0.6) is 0 Å². The van der Waals surface area contributed by atoms with E-state index in [2.05, 4.69) is 43.9 Å². The van der Waals surface area contributed by atoms with Gasteiger partial charge in [-0.05, 0) is 11.1 Å². The van der Waals surface area contributed by atoms with Crippen molar-refractivity contribution in [1.82, 2.24) is 0 Å². The molecule has 0 aliphatic heterocycles. The fourth-order valence-electron chi connectivity index (χ4n) is 2.30. The Hall–Kier alpha value is -1.64. The van der Waals surface area contributed by atoms with Crippen LogP contribution in [0, 0.1) is 0 Å². The third kappa shape index (κ3) is 3.68. The van der Waals surface area contributed by atoms with Crippen molar-refractivity contribution < 1.29 is 5.11 Å². The first-order valence-corrected chi connectivity index (χ1v) is 10.5. The number of hydrogen-bond acceptors (Lipinski definition) is 1. The van der Waals surface area contributed by atoms with Gasteiger partial charge in [-0.15, -0.1) is 0 Å². The maximum atomic E-state index is 10.5. The van der Waals surface area contributed by atoms with Crippen LogP contribution in [0.25, 0.3) is 5.20 Å². The van der Waals surface area contributed by atoms with Gasteiger partial charge < -0.3 is 5.11 Å². The number of rotatable bonds is 4. The maximum Gasteiger partial charge on any atom is 0.0973 e. The predicted octanol–water partition coefficient (Wildman–Crippen LogP) is 4.68. The Bertz CT molecular complexity index is 567. The molecule has 20 heavy (non-hydrogen) atoms. The highest BCUT2D eigenvalue weighted by Gasteiger charge is 2.22. The second kappa shape index (κ2) is 6.20. The van der Waals surface area contributed by atoms with Gasteiger partial charge in [-0.25, -0.2) is 0 Å². The molecule has 0 aliphatic carbocycles. The normalized spacial score (nSPS) is 14.1. The standard InChI is InChI=1S/C18H22OSi/c1-20(2,3)18(16-12-8-5-9-13-16)14-17(19)15-10-6-4-7-11-15/h4-14,17,19H,1-3H3/b18-14-. The first-order valence-electron chi connectivity index (χ1n) is 6.99. The molecule has 2 aromatic rings. The predicted molar refractivity (Wildman–Crippen MR) is 89.2 cm³/mol. The van der Waals surface area contributed by atoms with Gasteiger partial charge in [0.25, 0.3) is 0 Å². The third-order valence-electron chi connectivity index (χ3n) is 3.36. The Morgan fingerprint density at radius 1 is 0.900 bits per heavy atom. The summed E-state index contributed by atoms with van der Waals surface area (Å²) in [5.41, 5.74) is 2.17. The molecule has 1 nitrogen and oxygen atoms in total. The zero-order chi connectivity index (χ0) is 14.6. The Morgan fingerprint density at radius 3 is 1.90 bits per heavy atom. The molecule has 104 valence electrons. The van der Waals surface area contributed by atoms with Crippen molar-refractivity contribution in [3.05, 3.63) is 77.9 Å². The van der Waals surface area contributed by atoms with Crippen LogP contribution in [0.1, 0.15) is 17.2 Å². The van der Waals surface area contributed by atoms with Gasteiger partial charge in [0.05, 0.1) is 14.2 Å². The molecular formula is C18H22OSi. The zero-order valence-electron chi connectivity index (χ0n) is 12.4. The average molecular weight is 282 g/mol. The van der Waals surface area contributed by atoms with Crippen LogP contribution in [0.15, 0.2) is 66.7 Å². The minimum atomic E-state index is -1.52. The van der Waals surface area contributed by atoms with Gasteiger partial charge in [0, 0.05) is 0 Å². The van der Waals surface area contributed by atoms with Crippen molar-refractivity contribution in [2.45, 2.75) is 25.7 Å². The molecule has 0 spiro atoms. The van der Waals surface area contributed by atoms with Crippen molar-refractivity contribution >= 4 is 13.3 Å². The largest absolute Gasteiger partial charge is 0.384 e. The Balaban J connectivity index is 2.40. The second-order valence-corrected chi connectivity index (χ2v) is 11.1. The van der Waals surface area contributed by atoms with Crippen molar-refractivity contribution in [2.24, 2.45) is 0 Å². The monoisotopic (exact) mass is 282 g/mol. The fraction of sp³-hybridized carbons (Fsp3) is 0.222. The van der Waals surface area contributed by atoms with Crippen LogP contribution in [-0.2, 0) is 0 Å². The van der Waals surface area contributed by atoms with E-state index in [1.165, 1.54) is 10.8 Å². The average Bonchev–Trinajstić information content (AvgIpc) is 2.45. The lowest BCUT2D eigenvalue weighted by atomic mass is 10.1. The number of aliphatic hydroxyl groups is 1. The molecule has 2 heteroatoms. The summed E-state index contributed by atoms with van der Waals surface area (Å²) in [4.78, 5) is 0. The maximum absolute atomic E-state index is 10.5. The molecule has 0 saturated carbocycles. The van der Waals surface area contributed by atoms with Crippen molar-refractivity contribution in [1.29, 1.82) is 0 Å². The van der Waals surface area contributed by atoms with E-state index in [1.807, 2.05) is 42.5 Å². The third-order valence-corrected chi connectivity index (χ3v) is 5.43. The summed E-state index contributed by atoms with van der Waals surface area (Å²) in [6.45, 7) is 6.93. The van der Waals surface area contributed by atoms with E-state index < -0.39 is 14.2 Å². The number of benzene rings is 2. The Morgan fingerprint density at radius 2 is 1.40 bits per heavy atom. The minimum Gasteiger partial charge on any atom is -0.384 e. The van der Waals surface area contributed by atoms with E-state index in [4.69, 9.17) is 0 Å². The molecular weight excluding hydrogens is 260 g/mol. The van der Waals surface area contributed by atoms with E-state index in [0.717, 1.165) is 5.56 Å². The Labute approximate surface area is 122 Å². The van der Waals surface area contributed by atoms with Crippen molar-refractivity contribution in [2.75, 3.05) is 0 Å². The van der Waals surface area contributed by atoms with Crippen molar-refractivity contribution in [3.8, 4) is 0 Å². The van der Waals surface area contributed by atoms with Crippen LogP contribution in [0.2, 0.25) is 19.6 Å². The molecule has 2 aromatic carbocycles. The molecule has 2 rings (SSSR count). The van der Waals surface area contributed by atoms with E-state index in [-0.39, 0.29) is 0 Å². The molecule has 0 bridgehead atoms. The minimum absolute atomic E-state index is 0.543. The Kier molecular flexibility index (Phi) is 4.58. The quantitative estimate of drug-likeness (QED) is 0.807. The van der Waals surface area contributed by atoms with Gasteiger partial charge >= 0.3 is 0 Å². The van der Waals surface area contributed by atoms with Gasteiger partial charge in [0.15, 0.2) is 0 Å². The van der Waals surface area contributed by atoms with Gasteiger partial charge in [-0.2, -0.15) is 0 Å². The smallest absolute Gasteiger partial charge is 0.0973 e. The molecule has 0 aromatic heterocycles. The lowest BCUT2D eigenvalue weighted by Gasteiger charge is -2.23. The van der Waals surface area contributed by atoms with E-state index >= 15 is 0 Å². The molecule has 0 amide bonds. The summed E-state index contributed by atoms with van der Waals surface area (Å²) in [7, 11) is -1.52. The molecule has 1 unspecified atom stereocenters. The first kappa shape index (κ1) is 14.8. The summed E-state index contributed by atoms with van der Waals surface area (Å²) in [5.74, 6) is 0. The topological polar surface area (TPSA) is 20.2 Å². The number of aliphatic hydroxyl groups excluding tert-OH is 1. The van der Waals surface area contributed by atoms with Gasteiger partial charge in [0.1, 0.15) is 0 Å². The van der Waals surface area contributed by atoms with Crippen LogP contribution in [-0.4, -0.2) is 13.2 Å². The fourth-order valence-corrected chi connectivity index (χ4v) is 3.99. The molecule has 1 atom stereocenters. The van der Waals surface area contributed by atoms with Gasteiger partial charge in [-0.1, -0.05) is 91.6 Å². The van der Waals surface area contributed by atoms with Gasteiger partial charge in [0.2, 0.25) is 0 Å². The second-order valence-electron chi connectivity index (χ2n) is 6.05. The highest BCUT2D eigenvalue weighted by molar-refractivity contribution is 6.93. The summed E-state index contributed by atoms with van der Waals surface area (Å²) >= 11 is 0. The highest BCUT2D eigenvalue weighted by Crippen LogP contribution is 2.29. The highest BCUT2D eigenvalue weighted by atomic mass is 28.3. The van der Waals surface area contributed by atoms with Crippen LogP contribution in [0.4, 0.5) is 0 Å². The van der Waals surface area contributed by atoms with E-state index in [1.54, 1.807) is 0 Å². The first-order chi connectivity index (χ1) is 9.48. The zero-order valence-corrected chi connectivity index (χ0v) is 13.4. The van der Waals surface area contributed by atoms with Crippen LogP contribution < -0.4 is 0 Å². The van der Waals surface area contributed by atoms with Crippen molar-refractivity contribution in [3.63, 3.8) is 0 Å². The van der Waals surface area contributed by atoms with Crippen LogP contribution in [0.3, 0.4) is 0 Å². The van der Waals surface area contributed by atoms with Crippen LogP contribution >= 0.6 is 0 Å². The van der Waals surface area contributed by atoms with E-state index in [9.17, 15) is 5.11 Å². The van der Waals surface area contributed by atoms with E-state index in [0.29, 0.717) is 0 Å². The van der Waals surface area contributed by atoms with Gasteiger partial charge in [-0.3, -0.25) is 0 Å². The molecule has 0 radical (unpaired) electrons. The summed E-state index contributed by atoms with van der Waals surface area (Å²) in [6.07, 6.45) is 1.48. The SMILES string of the molecule is C[Si](C)(C)/C(=C\C(O)c1ccccc1)c1ccccc1. The molecule has 0 heterocycles. The molecule has 0 aliphatic rings.